The minimum absolute atomic E-state index is 0.212. The van der Waals surface area contributed by atoms with Crippen LogP contribution in [-0.4, -0.2) is 47.2 Å². The van der Waals surface area contributed by atoms with Gasteiger partial charge in [0.05, 0.1) is 11.3 Å². The van der Waals surface area contributed by atoms with Crippen LogP contribution in [0.2, 0.25) is 0 Å². The largest absolute Gasteiger partial charge is 0.478 e. The topological polar surface area (TPSA) is 69.6 Å². The molecule has 178 valence electrons. The van der Waals surface area contributed by atoms with Crippen molar-refractivity contribution in [3.05, 3.63) is 83.7 Å². The third-order valence-corrected chi connectivity index (χ3v) is 6.68. The summed E-state index contributed by atoms with van der Waals surface area (Å²) in [5.41, 5.74) is 3.34. The molecule has 0 aliphatic carbocycles. The molecule has 0 unspecified atom stereocenters. The first-order valence-electron chi connectivity index (χ1n) is 12.3. The lowest BCUT2D eigenvalue weighted by atomic mass is 9.96. The number of hydrogen-bond acceptors (Lipinski definition) is 5. The maximum absolute atomic E-state index is 11.8. The van der Waals surface area contributed by atoms with Crippen molar-refractivity contribution in [2.45, 2.75) is 51.0 Å². The summed E-state index contributed by atoms with van der Waals surface area (Å²) in [5, 5.41) is 9.71. The second-order valence-electron chi connectivity index (χ2n) is 9.06. The monoisotopic (exact) mass is 458 g/mol. The molecule has 1 saturated heterocycles. The predicted octanol–water partition coefficient (Wildman–Crippen LogP) is 5.24. The van der Waals surface area contributed by atoms with Gasteiger partial charge in [-0.25, -0.2) is 14.8 Å². The Bertz CT molecular complexity index is 1060. The summed E-state index contributed by atoms with van der Waals surface area (Å²) in [6.45, 7) is 1.74. The molecule has 4 rings (SSSR count). The van der Waals surface area contributed by atoms with Crippen LogP contribution in [-0.2, 0) is 12.8 Å². The summed E-state index contributed by atoms with van der Waals surface area (Å²) in [4.78, 5) is 25.6. The van der Waals surface area contributed by atoms with Gasteiger partial charge in [0.1, 0.15) is 0 Å². The molecule has 0 saturated carbocycles. The first-order chi connectivity index (χ1) is 16.6. The van der Waals surface area contributed by atoms with Gasteiger partial charge in [-0.3, -0.25) is 0 Å². The van der Waals surface area contributed by atoms with Crippen LogP contribution < -0.4 is 9.80 Å². The molecule has 0 bridgehead atoms. The standard InChI is InChI=1S/C28H34N4O2/c1-31(23-13-6-3-7-14-23)19-10-16-26-25(27(33)34)21-29-28(30-26)32-20-9-8-15-24(32)18-17-22-11-4-2-5-12-22/h2-7,11-14,21,24H,8-10,15-20H2,1H3,(H,33,34)/t24-/m0/s1. The van der Waals surface area contributed by atoms with Crippen LogP contribution >= 0.6 is 0 Å². The van der Waals surface area contributed by atoms with Crippen molar-refractivity contribution < 1.29 is 9.90 Å². The van der Waals surface area contributed by atoms with Crippen molar-refractivity contribution >= 4 is 17.6 Å². The molecular weight excluding hydrogens is 424 g/mol. The van der Waals surface area contributed by atoms with Gasteiger partial charge in [0.25, 0.3) is 0 Å². The van der Waals surface area contributed by atoms with Crippen molar-refractivity contribution in [1.29, 1.82) is 0 Å². The average Bonchev–Trinajstić information content (AvgIpc) is 2.88. The highest BCUT2D eigenvalue weighted by atomic mass is 16.4. The average molecular weight is 459 g/mol. The Hall–Kier alpha value is -3.41. The van der Waals surface area contributed by atoms with Crippen LogP contribution in [0.3, 0.4) is 0 Å². The van der Waals surface area contributed by atoms with Gasteiger partial charge in [-0.1, -0.05) is 48.5 Å². The van der Waals surface area contributed by atoms with Gasteiger partial charge in [0, 0.05) is 38.1 Å². The van der Waals surface area contributed by atoms with E-state index < -0.39 is 5.97 Å². The number of piperidine rings is 1. The van der Waals surface area contributed by atoms with Crippen molar-refractivity contribution in [3.63, 3.8) is 0 Å². The predicted molar refractivity (Wildman–Crippen MR) is 137 cm³/mol. The number of para-hydroxylation sites is 1. The highest BCUT2D eigenvalue weighted by Crippen LogP contribution is 2.26. The maximum Gasteiger partial charge on any atom is 0.339 e. The number of aryl methyl sites for hydroxylation is 2. The van der Waals surface area contributed by atoms with Gasteiger partial charge in [-0.2, -0.15) is 0 Å². The number of hydrogen-bond donors (Lipinski definition) is 1. The Labute approximate surface area is 202 Å². The number of carboxylic acid groups (broad SMARTS) is 1. The molecule has 6 nitrogen and oxygen atoms in total. The van der Waals surface area contributed by atoms with E-state index in [0.717, 1.165) is 50.9 Å². The van der Waals surface area contributed by atoms with E-state index in [2.05, 4.69) is 58.2 Å². The van der Waals surface area contributed by atoms with Gasteiger partial charge in [-0.15, -0.1) is 0 Å². The Morgan fingerprint density at radius 1 is 1.06 bits per heavy atom. The quantitative estimate of drug-likeness (QED) is 0.448. The molecule has 0 radical (unpaired) electrons. The number of anilines is 2. The third kappa shape index (κ3) is 6.13. The molecule has 1 aromatic heterocycles. The Balaban J connectivity index is 1.45. The molecule has 0 amide bonds. The second kappa shape index (κ2) is 11.6. The fourth-order valence-electron chi connectivity index (χ4n) is 4.75. The normalized spacial score (nSPS) is 15.8. The van der Waals surface area contributed by atoms with E-state index in [-0.39, 0.29) is 5.56 Å². The van der Waals surface area contributed by atoms with E-state index in [1.807, 2.05) is 24.3 Å². The van der Waals surface area contributed by atoms with Crippen LogP contribution in [0.25, 0.3) is 0 Å². The van der Waals surface area contributed by atoms with Crippen molar-refractivity contribution in [1.82, 2.24) is 9.97 Å². The summed E-state index contributed by atoms with van der Waals surface area (Å²) >= 11 is 0. The highest BCUT2D eigenvalue weighted by Gasteiger charge is 2.26. The maximum atomic E-state index is 11.8. The van der Waals surface area contributed by atoms with Crippen LogP contribution in [0.5, 0.6) is 0 Å². The summed E-state index contributed by atoms with van der Waals surface area (Å²) < 4.78 is 0. The summed E-state index contributed by atoms with van der Waals surface area (Å²) in [5.74, 6) is -0.286. The molecule has 1 fully saturated rings. The lowest BCUT2D eigenvalue weighted by Crippen LogP contribution is -2.41. The summed E-state index contributed by atoms with van der Waals surface area (Å²) in [6, 6.07) is 21.2. The van der Waals surface area contributed by atoms with Crippen LogP contribution in [0, 0.1) is 0 Å². The molecule has 1 N–H and O–H groups in total. The zero-order valence-corrected chi connectivity index (χ0v) is 19.9. The summed E-state index contributed by atoms with van der Waals surface area (Å²) in [7, 11) is 2.06. The van der Waals surface area contributed by atoms with E-state index in [9.17, 15) is 9.90 Å². The summed E-state index contributed by atoms with van der Waals surface area (Å²) in [6.07, 6.45) is 8.44. The van der Waals surface area contributed by atoms with Gasteiger partial charge in [0.2, 0.25) is 5.95 Å². The number of benzene rings is 2. The third-order valence-electron chi connectivity index (χ3n) is 6.68. The van der Waals surface area contributed by atoms with Crippen molar-refractivity contribution in [2.75, 3.05) is 29.9 Å². The molecule has 2 heterocycles. The number of nitrogens with zero attached hydrogens (tertiary/aromatic N) is 4. The van der Waals surface area contributed by atoms with E-state index in [1.54, 1.807) is 0 Å². The molecule has 2 aromatic carbocycles. The fraction of sp³-hybridized carbons (Fsp3) is 0.393. The molecule has 0 spiro atoms. The highest BCUT2D eigenvalue weighted by molar-refractivity contribution is 5.88. The van der Waals surface area contributed by atoms with Crippen LogP contribution in [0.4, 0.5) is 11.6 Å². The lowest BCUT2D eigenvalue weighted by molar-refractivity contribution is 0.0694. The zero-order chi connectivity index (χ0) is 23.8. The number of carboxylic acids is 1. The van der Waals surface area contributed by atoms with Gasteiger partial charge < -0.3 is 14.9 Å². The van der Waals surface area contributed by atoms with E-state index in [4.69, 9.17) is 4.98 Å². The minimum atomic E-state index is -0.961. The SMILES string of the molecule is CN(CCCc1nc(N2CCCC[C@H]2CCc2ccccc2)ncc1C(=O)O)c1ccccc1. The minimum Gasteiger partial charge on any atom is -0.478 e. The van der Waals surface area contributed by atoms with Gasteiger partial charge in [0.15, 0.2) is 0 Å². The van der Waals surface area contributed by atoms with E-state index in [1.165, 1.54) is 18.2 Å². The number of aromatic carboxylic acids is 1. The van der Waals surface area contributed by atoms with Gasteiger partial charge in [-0.05, 0) is 62.6 Å². The molecule has 1 aliphatic heterocycles. The Morgan fingerprint density at radius 3 is 2.53 bits per heavy atom. The molecular formula is C28H34N4O2. The number of aromatic nitrogens is 2. The molecule has 1 aliphatic rings. The van der Waals surface area contributed by atoms with E-state index >= 15 is 0 Å². The van der Waals surface area contributed by atoms with Gasteiger partial charge >= 0.3 is 5.97 Å². The molecule has 3 aromatic rings. The smallest absolute Gasteiger partial charge is 0.339 e. The molecule has 34 heavy (non-hydrogen) atoms. The number of carbonyl (C=O) groups is 1. The Kier molecular flexibility index (Phi) is 8.12. The van der Waals surface area contributed by atoms with Crippen LogP contribution in [0.15, 0.2) is 66.9 Å². The molecule has 6 heteroatoms. The fourth-order valence-corrected chi connectivity index (χ4v) is 4.75. The first-order valence-corrected chi connectivity index (χ1v) is 12.3. The zero-order valence-electron chi connectivity index (χ0n) is 19.9. The second-order valence-corrected chi connectivity index (χ2v) is 9.06. The van der Waals surface area contributed by atoms with Crippen molar-refractivity contribution in [3.8, 4) is 0 Å². The lowest BCUT2D eigenvalue weighted by Gasteiger charge is -2.36. The molecule has 1 atom stereocenters. The van der Waals surface area contributed by atoms with Crippen LogP contribution in [0.1, 0.15) is 53.7 Å². The Morgan fingerprint density at radius 2 is 1.79 bits per heavy atom. The van der Waals surface area contributed by atoms with E-state index in [0.29, 0.717) is 24.1 Å². The first kappa shape index (κ1) is 23.7. The number of rotatable bonds is 10. The van der Waals surface area contributed by atoms with Crippen molar-refractivity contribution in [2.24, 2.45) is 0 Å².